The fourth-order valence-corrected chi connectivity index (χ4v) is 2.19. The lowest BCUT2D eigenvalue weighted by atomic mass is 10.2. The van der Waals surface area contributed by atoms with E-state index in [1.165, 1.54) is 0 Å². The van der Waals surface area contributed by atoms with Gasteiger partial charge in [0.05, 0.1) is 17.4 Å². The predicted octanol–water partition coefficient (Wildman–Crippen LogP) is 0.964. The highest BCUT2D eigenvalue weighted by Crippen LogP contribution is 2.14. The van der Waals surface area contributed by atoms with Crippen molar-refractivity contribution in [1.29, 1.82) is 0 Å². The summed E-state index contributed by atoms with van der Waals surface area (Å²) in [4.78, 5) is 18.2. The Morgan fingerprint density at radius 3 is 3.05 bits per heavy atom. The molecule has 0 bridgehead atoms. The molecule has 1 saturated heterocycles. The summed E-state index contributed by atoms with van der Waals surface area (Å²) in [6.45, 7) is 3.04. The summed E-state index contributed by atoms with van der Waals surface area (Å²) in [5.74, 6) is -0.0925. The van der Waals surface area contributed by atoms with E-state index in [1.54, 1.807) is 12.4 Å². The van der Waals surface area contributed by atoms with Crippen molar-refractivity contribution < 1.29 is 9.53 Å². The van der Waals surface area contributed by atoms with Crippen molar-refractivity contribution >= 4 is 11.6 Å². The summed E-state index contributed by atoms with van der Waals surface area (Å²) < 4.78 is 5.56. The first-order chi connectivity index (χ1) is 10.1. The largest absolute Gasteiger partial charge is 0.381 e. The summed E-state index contributed by atoms with van der Waals surface area (Å²) in [7, 11) is 3.95. The normalized spacial score (nSPS) is 18.0. The van der Waals surface area contributed by atoms with Crippen molar-refractivity contribution in [2.45, 2.75) is 18.9 Å². The number of carbonyl (C=O) groups excluding carboxylic acids is 1. The van der Waals surface area contributed by atoms with Crippen LogP contribution >= 0.6 is 0 Å². The number of nitrogens with one attached hydrogen (secondary N) is 2. The van der Waals surface area contributed by atoms with E-state index in [4.69, 9.17) is 4.74 Å². The monoisotopic (exact) mass is 292 g/mol. The van der Waals surface area contributed by atoms with Crippen molar-refractivity contribution in [3.8, 4) is 0 Å². The number of carbonyl (C=O) groups is 1. The van der Waals surface area contributed by atoms with Crippen molar-refractivity contribution in [1.82, 2.24) is 15.2 Å². The summed E-state index contributed by atoms with van der Waals surface area (Å²) in [6.07, 6.45) is 5.79. The van der Waals surface area contributed by atoms with Crippen LogP contribution in [-0.2, 0) is 4.74 Å². The molecular formula is C15H24N4O2. The van der Waals surface area contributed by atoms with Crippen LogP contribution in [0.2, 0.25) is 0 Å². The molecule has 1 atom stereocenters. The number of nitrogens with zero attached hydrogens (tertiary/aromatic N) is 2. The van der Waals surface area contributed by atoms with Gasteiger partial charge in [-0.05, 0) is 33.0 Å². The van der Waals surface area contributed by atoms with E-state index in [2.05, 4.69) is 15.6 Å². The van der Waals surface area contributed by atoms with Gasteiger partial charge in [0.1, 0.15) is 0 Å². The van der Waals surface area contributed by atoms with Crippen LogP contribution in [0.1, 0.15) is 23.2 Å². The molecule has 0 spiro atoms. The molecular weight excluding hydrogens is 268 g/mol. The first kappa shape index (κ1) is 15.7. The molecule has 0 radical (unpaired) electrons. The van der Waals surface area contributed by atoms with Crippen LogP contribution in [0.4, 0.5) is 5.69 Å². The smallest absolute Gasteiger partial charge is 0.252 e. The maximum atomic E-state index is 12.0. The van der Waals surface area contributed by atoms with E-state index in [0.717, 1.165) is 38.2 Å². The minimum Gasteiger partial charge on any atom is -0.381 e. The Morgan fingerprint density at radius 2 is 2.33 bits per heavy atom. The molecule has 0 saturated carbocycles. The molecule has 1 amide bonds. The SMILES string of the molecule is CN(C)CCNC(=O)c1cncc(NCC2CCCO2)c1. The van der Waals surface area contributed by atoms with Crippen LogP contribution in [0.3, 0.4) is 0 Å². The second-order valence-corrected chi connectivity index (χ2v) is 5.54. The highest BCUT2D eigenvalue weighted by atomic mass is 16.5. The molecule has 6 heteroatoms. The van der Waals surface area contributed by atoms with Gasteiger partial charge in [-0.3, -0.25) is 9.78 Å². The zero-order chi connectivity index (χ0) is 15.1. The first-order valence-electron chi connectivity index (χ1n) is 7.38. The zero-order valence-electron chi connectivity index (χ0n) is 12.8. The Bertz CT molecular complexity index is 459. The van der Waals surface area contributed by atoms with E-state index >= 15 is 0 Å². The number of ether oxygens (including phenoxy) is 1. The minimum atomic E-state index is -0.0925. The van der Waals surface area contributed by atoms with Gasteiger partial charge in [0.2, 0.25) is 0 Å². The highest BCUT2D eigenvalue weighted by Gasteiger charge is 2.15. The third kappa shape index (κ3) is 5.32. The second kappa shape index (κ2) is 7.95. The van der Waals surface area contributed by atoms with Gasteiger partial charge in [-0.2, -0.15) is 0 Å². The van der Waals surface area contributed by atoms with Crippen LogP contribution in [-0.4, -0.2) is 62.2 Å². The summed E-state index contributed by atoms with van der Waals surface area (Å²) >= 11 is 0. The molecule has 1 aliphatic heterocycles. The van der Waals surface area contributed by atoms with Crippen molar-refractivity contribution in [2.24, 2.45) is 0 Å². The maximum Gasteiger partial charge on any atom is 0.252 e. The van der Waals surface area contributed by atoms with Crippen LogP contribution in [0.15, 0.2) is 18.5 Å². The fourth-order valence-electron chi connectivity index (χ4n) is 2.19. The van der Waals surface area contributed by atoms with E-state index in [1.807, 2.05) is 25.1 Å². The number of rotatable bonds is 7. The fraction of sp³-hybridized carbons (Fsp3) is 0.600. The number of amides is 1. The van der Waals surface area contributed by atoms with Gasteiger partial charge >= 0.3 is 0 Å². The molecule has 0 aliphatic carbocycles. The minimum absolute atomic E-state index is 0.0925. The quantitative estimate of drug-likeness (QED) is 0.784. The lowest BCUT2D eigenvalue weighted by Crippen LogP contribution is -2.31. The van der Waals surface area contributed by atoms with Gasteiger partial charge in [0, 0.05) is 38.6 Å². The average molecular weight is 292 g/mol. The van der Waals surface area contributed by atoms with Gasteiger partial charge in [-0.1, -0.05) is 0 Å². The van der Waals surface area contributed by atoms with E-state index in [0.29, 0.717) is 12.1 Å². The van der Waals surface area contributed by atoms with Crippen LogP contribution in [0.5, 0.6) is 0 Å². The standard InChI is InChI=1S/C15H24N4O2/c1-19(2)6-5-17-15(20)12-8-13(10-16-9-12)18-11-14-4-3-7-21-14/h8-10,14,18H,3-7,11H2,1-2H3,(H,17,20). The first-order valence-corrected chi connectivity index (χ1v) is 7.38. The molecule has 116 valence electrons. The molecule has 2 heterocycles. The van der Waals surface area contributed by atoms with Crippen molar-refractivity contribution in [2.75, 3.05) is 45.7 Å². The molecule has 1 aromatic rings. The van der Waals surface area contributed by atoms with Crippen LogP contribution in [0.25, 0.3) is 0 Å². The van der Waals surface area contributed by atoms with Gasteiger partial charge in [-0.25, -0.2) is 0 Å². The Kier molecular flexibility index (Phi) is 5.95. The number of pyridine rings is 1. The van der Waals surface area contributed by atoms with Gasteiger partial charge in [-0.15, -0.1) is 0 Å². The lowest BCUT2D eigenvalue weighted by molar-refractivity contribution is 0.0950. The molecule has 1 unspecified atom stereocenters. The van der Waals surface area contributed by atoms with E-state index in [9.17, 15) is 4.79 Å². The van der Waals surface area contributed by atoms with E-state index < -0.39 is 0 Å². The molecule has 1 aromatic heterocycles. The highest BCUT2D eigenvalue weighted by molar-refractivity contribution is 5.94. The molecule has 21 heavy (non-hydrogen) atoms. The lowest BCUT2D eigenvalue weighted by Gasteiger charge is -2.13. The number of hydrogen-bond donors (Lipinski definition) is 2. The topological polar surface area (TPSA) is 66.5 Å². The number of aromatic nitrogens is 1. The Morgan fingerprint density at radius 1 is 1.48 bits per heavy atom. The summed E-state index contributed by atoms with van der Waals surface area (Å²) in [5, 5.41) is 6.16. The van der Waals surface area contributed by atoms with Crippen molar-refractivity contribution in [3.63, 3.8) is 0 Å². The van der Waals surface area contributed by atoms with E-state index in [-0.39, 0.29) is 12.0 Å². The van der Waals surface area contributed by atoms with Crippen molar-refractivity contribution in [3.05, 3.63) is 24.0 Å². The molecule has 6 nitrogen and oxygen atoms in total. The van der Waals surface area contributed by atoms with Gasteiger partial charge in [0.25, 0.3) is 5.91 Å². The van der Waals surface area contributed by atoms with Gasteiger partial charge < -0.3 is 20.3 Å². The number of likely N-dealkylation sites (N-methyl/N-ethyl adjacent to an activating group) is 1. The molecule has 0 aromatic carbocycles. The third-order valence-corrected chi connectivity index (χ3v) is 3.40. The third-order valence-electron chi connectivity index (χ3n) is 3.40. The average Bonchev–Trinajstić information content (AvgIpc) is 2.98. The predicted molar refractivity (Wildman–Crippen MR) is 82.6 cm³/mol. The van der Waals surface area contributed by atoms with Gasteiger partial charge in [0.15, 0.2) is 0 Å². The molecule has 1 fully saturated rings. The summed E-state index contributed by atoms with van der Waals surface area (Å²) in [5.41, 5.74) is 1.43. The number of anilines is 1. The Labute approximate surface area is 125 Å². The maximum absolute atomic E-state index is 12.0. The van der Waals surface area contributed by atoms with Crippen LogP contribution < -0.4 is 10.6 Å². The van der Waals surface area contributed by atoms with Crippen LogP contribution in [0, 0.1) is 0 Å². The number of hydrogen-bond acceptors (Lipinski definition) is 5. The zero-order valence-corrected chi connectivity index (χ0v) is 12.8. The molecule has 2 rings (SSSR count). The summed E-state index contributed by atoms with van der Waals surface area (Å²) in [6, 6.07) is 1.83. The Balaban J connectivity index is 1.82. The molecule has 1 aliphatic rings. The second-order valence-electron chi connectivity index (χ2n) is 5.54. The Hall–Kier alpha value is -1.66. The molecule has 2 N–H and O–H groups in total.